The Kier molecular flexibility index (Phi) is 4.02. The number of hydrogen-bond donors (Lipinski definition) is 1. The second-order valence-corrected chi connectivity index (χ2v) is 6.83. The molecule has 3 nitrogen and oxygen atoms in total. The average Bonchev–Trinajstić information content (AvgIpc) is 2.46. The molecule has 0 spiro atoms. The summed E-state index contributed by atoms with van der Waals surface area (Å²) in [5.74, 6) is 0. The smallest absolute Gasteiger partial charge is 0.399 e. The summed E-state index contributed by atoms with van der Waals surface area (Å²) in [6.07, 6.45) is 0.349. The van der Waals surface area contributed by atoms with Crippen molar-refractivity contribution in [2.45, 2.75) is 65.3 Å². The topological polar surface area (TPSA) is 38.7 Å². The van der Waals surface area contributed by atoms with Crippen LogP contribution >= 0.6 is 0 Å². The number of rotatable bonds is 3. The second-order valence-electron chi connectivity index (χ2n) is 6.83. The number of hydrogen-bond acceptors (Lipinski definition) is 3. The highest BCUT2D eigenvalue weighted by molar-refractivity contribution is 6.62. The van der Waals surface area contributed by atoms with E-state index >= 15 is 0 Å². The van der Waals surface area contributed by atoms with E-state index in [0.29, 0.717) is 6.42 Å². The van der Waals surface area contributed by atoms with Gasteiger partial charge in [0.2, 0.25) is 0 Å². The summed E-state index contributed by atoms with van der Waals surface area (Å²) >= 11 is 0. The summed E-state index contributed by atoms with van der Waals surface area (Å²) < 4.78 is 12.2. The highest BCUT2D eigenvalue weighted by atomic mass is 16.7. The minimum Gasteiger partial charge on any atom is -0.399 e. The van der Waals surface area contributed by atoms with Gasteiger partial charge in [-0.1, -0.05) is 23.8 Å². The third kappa shape index (κ3) is 2.92. The van der Waals surface area contributed by atoms with Crippen LogP contribution < -0.4 is 5.46 Å². The highest BCUT2D eigenvalue weighted by Crippen LogP contribution is 2.36. The summed E-state index contributed by atoms with van der Waals surface area (Å²) in [6.45, 7) is 12.1. The van der Waals surface area contributed by atoms with Gasteiger partial charge in [0.25, 0.3) is 0 Å². The van der Waals surface area contributed by atoms with E-state index in [2.05, 4.69) is 46.8 Å². The SMILES string of the molecule is Cc1cc(CC(C)O)ccc1B1OC(C)(C)C(C)(C)O1. The maximum atomic E-state index is 9.47. The Bertz CT molecular complexity index is 478. The number of aryl methyl sites for hydroxylation is 1. The third-order valence-electron chi connectivity index (χ3n) is 4.37. The van der Waals surface area contributed by atoms with E-state index in [-0.39, 0.29) is 24.4 Å². The monoisotopic (exact) mass is 276 g/mol. The minimum absolute atomic E-state index is 0.317. The van der Waals surface area contributed by atoms with Crippen LogP contribution in [0.2, 0.25) is 0 Å². The van der Waals surface area contributed by atoms with Crippen LogP contribution in [0.3, 0.4) is 0 Å². The molecule has 110 valence electrons. The molecule has 0 saturated carbocycles. The molecule has 0 amide bonds. The van der Waals surface area contributed by atoms with E-state index in [9.17, 15) is 5.11 Å². The van der Waals surface area contributed by atoms with Gasteiger partial charge < -0.3 is 14.4 Å². The first-order valence-electron chi connectivity index (χ1n) is 7.25. The molecule has 2 rings (SSSR count). The largest absolute Gasteiger partial charge is 0.495 e. The van der Waals surface area contributed by atoms with Crippen LogP contribution in [0.25, 0.3) is 0 Å². The van der Waals surface area contributed by atoms with E-state index in [1.54, 1.807) is 6.92 Å². The van der Waals surface area contributed by atoms with Crippen LogP contribution in [0.5, 0.6) is 0 Å². The van der Waals surface area contributed by atoms with E-state index in [1.165, 1.54) is 0 Å². The quantitative estimate of drug-likeness (QED) is 0.860. The van der Waals surface area contributed by atoms with Crippen LogP contribution in [-0.2, 0) is 15.7 Å². The summed E-state index contributed by atoms with van der Waals surface area (Å²) in [4.78, 5) is 0. The molecule has 0 aromatic heterocycles. The lowest BCUT2D eigenvalue weighted by atomic mass is 9.75. The Morgan fingerprint density at radius 3 is 2.15 bits per heavy atom. The zero-order chi connectivity index (χ0) is 15.1. The van der Waals surface area contributed by atoms with Gasteiger partial charge >= 0.3 is 7.12 Å². The second kappa shape index (κ2) is 5.17. The van der Waals surface area contributed by atoms with Crippen molar-refractivity contribution in [3.63, 3.8) is 0 Å². The summed E-state index contributed by atoms with van der Waals surface area (Å²) in [6, 6.07) is 6.20. The third-order valence-corrected chi connectivity index (χ3v) is 4.37. The van der Waals surface area contributed by atoms with E-state index in [4.69, 9.17) is 9.31 Å². The first-order valence-corrected chi connectivity index (χ1v) is 7.25. The molecule has 1 atom stereocenters. The Morgan fingerprint density at radius 1 is 1.15 bits per heavy atom. The molecule has 1 saturated heterocycles. The van der Waals surface area contributed by atoms with Gasteiger partial charge in [-0.05, 0) is 59.0 Å². The molecule has 0 aliphatic carbocycles. The number of benzene rings is 1. The molecule has 4 heteroatoms. The van der Waals surface area contributed by atoms with Crippen molar-refractivity contribution in [3.8, 4) is 0 Å². The molecule has 20 heavy (non-hydrogen) atoms. The van der Waals surface area contributed by atoms with Crippen LogP contribution in [0.15, 0.2) is 18.2 Å². The molecule has 1 unspecified atom stereocenters. The number of aliphatic hydroxyl groups excluding tert-OH is 1. The molecule has 0 radical (unpaired) electrons. The molecule has 1 N–H and O–H groups in total. The van der Waals surface area contributed by atoms with Crippen LogP contribution in [0.4, 0.5) is 0 Å². The average molecular weight is 276 g/mol. The fourth-order valence-corrected chi connectivity index (χ4v) is 2.44. The summed E-state index contributed by atoms with van der Waals surface area (Å²) in [7, 11) is -0.319. The van der Waals surface area contributed by atoms with Crippen LogP contribution in [0.1, 0.15) is 45.7 Å². The lowest BCUT2D eigenvalue weighted by Gasteiger charge is -2.32. The van der Waals surface area contributed by atoms with Crippen molar-refractivity contribution in [2.75, 3.05) is 0 Å². The van der Waals surface area contributed by atoms with Crippen LogP contribution in [-0.4, -0.2) is 29.5 Å². The van der Waals surface area contributed by atoms with Gasteiger partial charge in [-0.3, -0.25) is 0 Å². The molecular formula is C16H25BO3. The molecule has 1 aromatic rings. The minimum atomic E-state index is -0.322. The molecule has 0 bridgehead atoms. The zero-order valence-electron chi connectivity index (χ0n) is 13.4. The van der Waals surface area contributed by atoms with Crippen molar-refractivity contribution in [3.05, 3.63) is 29.3 Å². The summed E-state index contributed by atoms with van der Waals surface area (Å²) in [5.41, 5.74) is 2.71. The Morgan fingerprint density at radius 2 is 1.70 bits per heavy atom. The fourth-order valence-electron chi connectivity index (χ4n) is 2.44. The van der Waals surface area contributed by atoms with Gasteiger partial charge in [0.15, 0.2) is 0 Å². The highest BCUT2D eigenvalue weighted by Gasteiger charge is 2.51. The maximum Gasteiger partial charge on any atom is 0.495 e. The first kappa shape index (κ1) is 15.6. The van der Waals surface area contributed by atoms with E-state index in [1.807, 2.05) is 6.07 Å². The van der Waals surface area contributed by atoms with E-state index < -0.39 is 0 Å². The fraction of sp³-hybridized carbons (Fsp3) is 0.625. The first-order chi connectivity index (χ1) is 9.12. The molecule has 1 aliphatic rings. The Labute approximate surface area is 122 Å². The van der Waals surface area contributed by atoms with Gasteiger partial charge in [-0.2, -0.15) is 0 Å². The van der Waals surface area contributed by atoms with Crippen LogP contribution in [0, 0.1) is 6.92 Å². The predicted octanol–water partition coefficient (Wildman–Crippen LogP) is 2.22. The van der Waals surface area contributed by atoms with Crippen molar-refractivity contribution in [2.24, 2.45) is 0 Å². The summed E-state index contributed by atoms with van der Waals surface area (Å²) in [5, 5.41) is 9.47. The maximum absolute atomic E-state index is 9.47. The molecule has 1 heterocycles. The number of aliphatic hydroxyl groups is 1. The lowest BCUT2D eigenvalue weighted by molar-refractivity contribution is 0.00578. The van der Waals surface area contributed by atoms with Gasteiger partial charge in [0, 0.05) is 0 Å². The molecule has 1 aliphatic heterocycles. The van der Waals surface area contributed by atoms with Gasteiger partial charge in [-0.25, -0.2) is 0 Å². The molecule has 1 fully saturated rings. The normalized spacial score (nSPS) is 22.1. The lowest BCUT2D eigenvalue weighted by Crippen LogP contribution is -2.41. The predicted molar refractivity (Wildman–Crippen MR) is 82.3 cm³/mol. The Balaban J connectivity index is 2.23. The van der Waals surface area contributed by atoms with Gasteiger partial charge in [-0.15, -0.1) is 0 Å². The zero-order valence-corrected chi connectivity index (χ0v) is 13.4. The molecular weight excluding hydrogens is 251 g/mol. The van der Waals surface area contributed by atoms with E-state index in [0.717, 1.165) is 16.6 Å². The molecule has 1 aromatic carbocycles. The Hall–Kier alpha value is -0.835. The van der Waals surface area contributed by atoms with Crippen molar-refractivity contribution >= 4 is 12.6 Å². The van der Waals surface area contributed by atoms with Crippen molar-refractivity contribution in [1.29, 1.82) is 0 Å². The standard InChI is InChI=1S/C16H25BO3/c1-11-9-13(10-12(2)18)7-8-14(11)17-19-15(3,4)16(5,6)20-17/h7-9,12,18H,10H2,1-6H3. The van der Waals surface area contributed by atoms with Gasteiger partial charge in [0.1, 0.15) is 0 Å². The van der Waals surface area contributed by atoms with Gasteiger partial charge in [0.05, 0.1) is 17.3 Å². The van der Waals surface area contributed by atoms with Crippen molar-refractivity contribution in [1.82, 2.24) is 0 Å². The van der Waals surface area contributed by atoms with Crippen molar-refractivity contribution < 1.29 is 14.4 Å².